The fraction of sp³-hybridized carbons (Fsp3) is 0.182. The third-order valence-electron chi connectivity index (χ3n) is 2.16. The summed E-state index contributed by atoms with van der Waals surface area (Å²) in [5.41, 5.74) is 6.14. The molecular formula is C11H12ClN3O4. The van der Waals surface area contributed by atoms with E-state index >= 15 is 0 Å². The van der Waals surface area contributed by atoms with Gasteiger partial charge in [0.25, 0.3) is 11.6 Å². The summed E-state index contributed by atoms with van der Waals surface area (Å²) in [6.07, 6.45) is -0.486. The van der Waals surface area contributed by atoms with Gasteiger partial charge in [-0.3, -0.25) is 15.8 Å². The van der Waals surface area contributed by atoms with Crippen LogP contribution in [-0.4, -0.2) is 16.3 Å². The van der Waals surface area contributed by atoms with Crippen molar-refractivity contribution in [2.24, 2.45) is 5.73 Å². The van der Waals surface area contributed by atoms with Gasteiger partial charge < -0.3 is 9.26 Å². The smallest absolute Gasteiger partial charge is 0.269 e. The highest BCUT2D eigenvalue weighted by Crippen LogP contribution is 2.25. The molecule has 1 unspecified atom stereocenters. The molecule has 2 N–H and O–H groups in total. The van der Waals surface area contributed by atoms with Gasteiger partial charge >= 0.3 is 0 Å². The zero-order valence-electron chi connectivity index (χ0n) is 9.98. The van der Waals surface area contributed by atoms with Crippen LogP contribution in [0.25, 0.3) is 11.3 Å². The van der Waals surface area contributed by atoms with Crippen LogP contribution < -0.4 is 10.5 Å². The third-order valence-corrected chi connectivity index (χ3v) is 2.16. The number of nitrogens with two attached hydrogens (primary N) is 1. The van der Waals surface area contributed by atoms with Crippen molar-refractivity contribution in [2.45, 2.75) is 13.2 Å². The molecule has 0 aliphatic carbocycles. The molecule has 1 aromatic heterocycles. The van der Waals surface area contributed by atoms with Gasteiger partial charge in [0, 0.05) is 23.8 Å². The van der Waals surface area contributed by atoms with E-state index in [2.05, 4.69) is 5.16 Å². The second-order valence-electron chi connectivity index (χ2n) is 3.66. The van der Waals surface area contributed by atoms with E-state index in [1.54, 1.807) is 25.1 Å². The van der Waals surface area contributed by atoms with Gasteiger partial charge in [0.1, 0.15) is 6.23 Å². The number of hydrogen-bond acceptors (Lipinski definition) is 6. The summed E-state index contributed by atoms with van der Waals surface area (Å²) < 4.78 is 10.2. The quantitative estimate of drug-likeness (QED) is 0.525. The molecule has 0 aliphatic rings. The summed E-state index contributed by atoms with van der Waals surface area (Å²) in [4.78, 5) is 10.0. The van der Waals surface area contributed by atoms with Crippen molar-refractivity contribution >= 4 is 18.1 Å². The fourth-order valence-electron chi connectivity index (χ4n) is 1.39. The van der Waals surface area contributed by atoms with Gasteiger partial charge in [-0.2, -0.15) is 0 Å². The van der Waals surface area contributed by atoms with E-state index in [4.69, 9.17) is 15.0 Å². The number of nitro benzene ring substituents is 1. The molecule has 7 nitrogen and oxygen atoms in total. The zero-order valence-corrected chi connectivity index (χ0v) is 10.8. The Morgan fingerprint density at radius 2 is 2.05 bits per heavy atom. The zero-order chi connectivity index (χ0) is 13.1. The molecule has 8 heteroatoms. The summed E-state index contributed by atoms with van der Waals surface area (Å²) in [7, 11) is 0. The highest BCUT2D eigenvalue weighted by Gasteiger charge is 2.11. The Hall–Kier alpha value is -2.12. The Kier molecular flexibility index (Phi) is 4.85. The maximum atomic E-state index is 10.5. The van der Waals surface area contributed by atoms with Crippen LogP contribution in [-0.2, 0) is 0 Å². The Morgan fingerprint density at radius 1 is 1.42 bits per heavy atom. The minimum absolute atomic E-state index is 0. The normalized spacial score (nSPS) is 11.5. The van der Waals surface area contributed by atoms with E-state index in [9.17, 15) is 10.1 Å². The van der Waals surface area contributed by atoms with Gasteiger partial charge in [-0.25, -0.2) is 0 Å². The van der Waals surface area contributed by atoms with Crippen molar-refractivity contribution in [3.63, 3.8) is 0 Å². The fourth-order valence-corrected chi connectivity index (χ4v) is 1.39. The molecule has 1 heterocycles. The molecule has 102 valence electrons. The van der Waals surface area contributed by atoms with E-state index in [1.165, 1.54) is 12.1 Å². The molecule has 0 amide bonds. The highest BCUT2D eigenvalue weighted by molar-refractivity contribution is 5.85. The Labute approximate surface area is 114 Å². The number of halogens is 1. The van der Waals surface area contributed by atoms with Crippen molar-refractivity contribution in [2.75, 3.05) is 0 Å². The summed E-state index contributed by atoms with van der Waals surface area (Å²) in [6, 6.07) is 7.51. The number of hydrogen-bond donors (Lipinski definition) is 1. The van der Waals surface area contributed by atoms with Crippen LogP contribution in [0.15, 0.2) is 34.9 Å². The average molecular weight is 286 g/mol. The average Bonchev–Trinajstić information content (AvgIpc) is 2.76. The summed E-state index contributed by atoms with van der Waals surface area (Å²) in [6.45, 7) is 1.67. The number of benzene rings is 1. The second-order valence-corrected chi connectivity index (χ2v) is 3.66. The van der Waals surface area contributed by atoms with Crippen LogP contribution in [0, 0.1) is 10.1 Å². The molecule has 0 spiro atoms. The number of nitrogens with zero attached hydrogens (tertiary/aromatic N) is 2. The minimum Gasteiger partial charge on any atom is -0.457 e. The first-order valence-electron chi connectivity index (χ1n) is 5.20. The van der Waals surface area contributed by atoms with Crippen LogP contribution in [0.2, 0.25) is 0 Å². The van der Waals surface area contributed by atoms with E-state index in [-0.39, 0.29) is 24.0 Å². The van der Waals surface area contributed by atoms with E-state index < -0.39 is 11.2 Å². The third kappa shape index (κ3) is 3.67. The molecule has 0 saturated carbocycles. The predicted octanol–water partition coefficient (Wildman–Crippen LogP) is 2.36. The lowest BCUT2D eigenvalue weighted by Gasteiger charge is -2.03. The van der Waals surface area contributed by atoms with Gasteiger partial charge in [-0.05, 0) is 24.2 Å². The SMILES string of the molecule is CC(N)Oc1cc(-c2ccc([N+](=O)[O-])cc2)on1.Cl. The first-order chi connectivity index (χ1) is 8.56. The van der Waals surface area contributed by atoms with Crippen molar-refractivity contribution < 1.29 is 14.2 Å². The maximum absolute atomic E-state index is 10.5. The van der Waals surface area contributed by atoms with Gasteiger partial charge in [-0.15, -0.1) is 12.4 Å². The van der Waals surface area contributed by atoms with Crippen molar-refractivity contribution in [1.29, 1.82) is 0 Å². The second kappa shape index (κ2) is 6.17. The standard InChI is InChI=1S/C11H11N3O4.ClH/c1-7(12)17-11-6-10(18-13-11)8-2-4-9(5-3-8)14(15)16;/h2-7H,12H2,1H3;1H. The maximum Gasteiger partial charge on any atom is 0.269 e. The van der Waals surface area contributed by atoms with Crippen LogP contribution >= 0.6 is 12.4 Å². The Balaban J connectivity index is 0.00000180. The first kappa shape index (κ1) is 14.9. The number of aromatic nitrogens is 1. The van der Waals surface area contributed by atoms with Crippen molar-refractivity contribution in [1.82, 2.24) is 5.16 Å². The lowest BCUT2D eigenvalue weighted by molar-refractivity contribution is -0.384. The van der Waals surface area contributed by atoms with Crippen molar-refractivity contribution in [3.05, 3.63) is 40.4 Å². The van der Waals surface area contributed by atoms with Gasteiger partial charge in [-0.1, -0.05) is 0 Å². The van der Waals surface area contributed by atoms with Crippen LogP contribution in [0.4, 0.5) is 5.69 Å². The largest absolute Gasteiger partial charge is 0.457 e. The lowest BCUT2D eigenvalue weighted by Crippen LogP contribution is -2.22. The molecular weight excluding hydrogens is 274 g/mol. The molecule has 0 aliphatic heterocycles. The molecule has 0 bridgehead atoms. The molecule has 2 rings (SSSR count). The topological polar surface area (TPSA) is 104 Å². The van der Waals surface area contributed by atoms with Crippen molar-refractivity contribution in [3.8, 4) is 17.2 Å². The van der Waals surface area contributed by atoms with E-state index in [0.29, 0.717) is 11.3 Å². The summed E-state index contributed by atoms with van der Waals surface area (Å²) in [5, 5.41) is 14.2. The molecule has 1 aromatic carbocycles. The van der Waals surface area contributed by atoms with Crippen LogP contribution in [0.1, 0.15) is 6.92 Å². The minimum atomic E-state index is -0.486. The number of rotatable bonds is 4. The molecule has 0 radical (unpaired) electrons. The predicted molar refractivity (Wildman–Crippen MR) is 70.1 cm³/mol. The summed E-state index contributed by atoms with van der Waals surface area (Å²) >= 11 is 0. The highest BCUT2D eigenvalue weighted by atomic mass is 35.5. The number of non-ortho nitro benzene ring substituents is 1. The van der Waals surface area contributed by atoms with Crippen LogP contribution in [0.5, 0.6) is 5.88 Å². The molecule has 1 atom stereocenters. The first-order valence-corrected chi connectivity index (χ1v) is 5.20. The molecule has 2 aromatic rings. The summed E-state index contributed by atoms with van der Waals surface area (Å²) in [5.74, 6) is 0.735. The lowest BCUT2D eigenvalue weighted by atomic mass is 10.1. The van der Waals surface area contributed by atoms with Gasteiger partial charge in [0.05, 0.1) is 4.92 Å². The monoisotopic (exact) mass is 285 g/mol. The molecule has 19 heavy (non-hydrogen) atoms. The Morgan fingerprint density at radius 3 is 2.58 bits per heavy atom. The molecule has 0 saturated heterocycles. The molecule has 0 fully saturated rings. The van der Waals surface area contributed by atoms with Gasteiger partial charge in [0.2, 0.25) is 0 Å². The van der Waals surface area contributed by atoms with Crippen LogP contribution in [0.3, 0.4) is 0 Å². The van der Waals surface area contributed by atoms with E-state index in [0.717, 1.165) is 0 Å². The van der Waals surface area contributed by atoms with E-state index in [1.807, 2.05) is 0 Å². The number of nitro groups is 1. The van der Waals surface area contributed by atoms with Gasteiger partial charge in [0.15, 0.2) is 5.76 Å². The number of ether oxygens (including phenoxy) is 1. The Bertz CT molecular complexity index is 553.